The summed E-state index contributed by atoms with van der Waals surface area (Å²) in [6.07, 6.45) is 7.38. The van der Waals surface area contributed by atoms with Crippen LogP contribution in [-0.2, 0) is 30.4 Å². The number of urea groups is 1. The molecule has 0 radical (unpaired) electrons. The topological polar surface area (TPSA) is 222 Å². The van der Waals surface area contributed by atoms with E-state index in [1.807, 2.05) is 76.7 Å². The number of nitrogens with one attached hydrogen (secondary N) is 8. The van der Waals surface area contributed by atoms with Crippen molar-refractivity contribution >= 4 is 59.1 Å². The van der Waals surface area contributed by atoms with Gasteiger partial charge in [0.2, 0.25) is 29.5 Å². The van der Waals surface area contributed by atoms with E-state index in [-0.39, 0.29) is 85.9 Å². The number of thioether (sulfide) groups is 2. The molecule has 0 bridgehead atoms. The highest BCUT2D eigenvalue weighted by Gasteiger charge is 2.49. The molecule has 350 valence electrons. The number of fused-ring (bicyclic) bond motifs is 2. The number of aliphatic hydroxyl groups is 1. The Balaban J connectivity index is 0.991. The number of aliphatic hydroxyl groups excluding tert-OH is 1. The second-order valence-electron chi connectivity index (χ2n) is 19.6. The Bertz CT molecular complexity index is 1770. The monoisotopic (exact) mass is 913 g/mol. The van der Waals surface area contributed by atoms with Gasteiger partial charge in [0, 0.05) is 60.4 Å². The molecule has 4 aliphatic heterocycles. The number of piperidine rings is 1. The summed E-state index contributed by atoms with van der Waals surface area (Å²) in [5.41, 5.74) is 0.409. The van der Waals surface area contributed by atoms with Gasteiger partial charge in [-0.15, -0.1) is 11.8 Å². The third-order valence-electron chi connectivity index (χ3n) is 12.9. The quantitative estimate of drug-likeness (QED) is 0.0719. The number of rotatable bonds is 19. The van der Waals surface area contributed by atoms with E-state index in [1.54, 1.807) is 0 Å². The van der Waals surface area contributed by atoms with Gasteiger partial charge in [-0.3, -0.25) is 34.2 Å². The van der Waals surface area contributed by atoms with Crippen molar-refractivity contribution in [3.63, 3.8) is 0 Å². The molecule has 18 heteroatoms. The first-order valence-corrected chi connectivity index (χ1v) is 24.9. The van der Waals surface area contributed by atoms with Crippen molar-refractivity contribution in [1.29, 1.82) is 0 Å². The zero-order valence-corrected chi connectivity index (χ0v) is 39.3. The van der Waals surface area contributed by atoms with Gasteiger partial charge >= 0.3 is 6.03 Å². The number of nitrogens with zero attached hydrogens (tertiary/aromatic N) is 1. The minimum absolute atomic E-state index is 0.0120. The average molecular weight is 914 g/mol. The molecule has 5 fully saturated rings. The molecule has 0 aromatic heterocycles. The molecule has 1 aliphatic carbocycles. The number of amides is 7. The van der Waals surface area contributed by atoms with Crippen molar-refractivity contribution in [3.05, 3.63) is 35.9 Å². The van der Waals surface area contributed by atoms with Crippen LogP contribution < -0.4 is 42.5 Å². The Morgan fingerprint density at radius 3 is 2.41 bits per heavy atom. The lowest BCUT2D eigenvalue weighted by atomic mass is 9.72. The first kappa shape index (κ1) is 48.9. The molecule has 1 saturated carbocycles. The van der Waals surface area contributed by atoms with E-state index in [0.29, 0.717) is 29.9 Å². The molecule has 2 unspecified atom stereocenters. The first-order chi connectivity index (χ1) is 30.0. The maximum atomic E-state index is 13.8. The summed E-state index contributed by atoms with van der Waals surface area (Å²) in [5, 5.41) is 35.0. The Kier molecular flexibility index (Phi) is 17.1. The maximum Gasteiger partial charge on any atom is 0.315 e. The largest absolute Gasteiger partial charge is 0.390 e. The highest BCUT2D eigenvalue weighted by Crippen LogP contribution is 2.40. The van der Waals surface area contributed by atoms with Crippen LogP contribution in [0.1, 0.15) is 98.0 Å². The van der Waals surface area contributed by atoms with Gasteiger partial charge in [0.05, 0.1) is 36.0 Å². The van der Waals surface area contributed by atoms with Crippen LogP contribution in [0.4, 0.5) is 4.79 Å². The molecule has 1 aromatic rings. The number of unbranched alkanes of at least 4 members (excludes halogenated alkanes) is 1. The normalized spacial score (nSPS) is 28.6. The van der Waals surface area contributed by atoms with Crippen molar-refractivity contribution in [2.45, 2.75) is 156 Å². The lowest BCUT2D eigenvalue weighted by Gasteiger charge is -2.46. The summed E-state index contributed by atoms with van der Waals surface area (Å²) in [4.78, 5) is 81.0. The van der Waals surface area contributed by atoms with Gasteiger partial charge < -0.3 is 42.3 Å². The molecule has 5 aliphatic rings. The third-order valence-corrected chi connectivity index (χ3v) is 15.9. The fourth-order valence-electron chi connectivity index (χ4n) is 9.78. The van der Waals surface area contributed by atoms with Gasteiger partial charge in [0.1, 0.15) is 12.1 Å². The molecule has 9 N–H and O–H groups in total. The van der Waals surface area contributed by atoms with E-state index in [9.17, 15) is 33.9 Å². The molecule has 1 aromatic carbocycles. The van der Waals surface area contributed by atoms with E-state index < -0.39 is 34.2 Å². The lowest BCUT2D eigenvalue weighted by molar-refractivity contribution is -0.133. The van der Waals surface area contributed by atoms with Crippen molar-refractivity contribution in [3.8, 4) is 0 Å². The van der Waals surface area contributed by atoms with Crippen molar-refractivity contribution in [2.75, 3.05) is 38.5 Å². The standard InChI is InChI=1S/C45H71N9O7S2/c1-44(2,3)53-39(58)32-22-28-15-9-10-16-29(28)24-54(32)25-30(55)23-48-41(60)38-45(4,5)63-42(52-38)37(50-35(57)21-27-13-7-6-8-14-27)40(59)47-20-19-46-34(56)18-12-11-17-33-36-31(26-62-33)49-43(61)51-36/h6-8,13-14,28-33,36-38,42,52,55H,9-12,15-26H2,1-5H3,(H,46,56)(H,47,59)(H,48,60)(H,50,57)(H,53,58)(H2,49,51,61)/t28-,29+,30?,31-,32-,33-,36-,37?,38-,42+/m0/s1. The van der Waals surface area contributed by atoms with Crippen LogP contribution >= 0.6 is 23.5 Å². The average Bonchev–Trinajstić information content (AvgIpc) is 3.89. The summed E-state index contributed by atoms with van der Waals surface area (Å²) in [7, 11) is 0. The van der Waals surface area contributed by atoms with Crippen LogP contribution in [0.2, 0.25) is 0 Å². The van der Waals surface area contributed by atoms with E-state index in [4.69, 9.17) is 0 Å². The Hall–Kier alpha value is -3.58. The van der Waals surface area contributed by atoms with Gasteiger partial charge in [0.25, 0.3) is 0 Å². The van der Waals surface area contributed by atoms with Crippen LogP contribution in [0.25, 0.3) is 0 Å². The van der Waals surface area contributed by atoms with Crippen LogP contribution in [0.5, 0.6) is 0 Å². The van der Waals surface area contributed by atoms with Crippen molar-refractivity contribution < 1.29 is 33.9 Å². The molecule has 63 heavy (non-hydrogen) atoms. The number of carbonyl (C=O) groups excluding carboxylic acids is 6. The van der Waals surface area contributed by atoms with Gasteiger partial charge in [-0.05, 0) is 77.7 Å². The fourth-order valence-corrected chi connectivity index (χ4v) is 12.8. The minimum Gasteiger partial charge on any atom is -0.390 e. The van der Waals surface area contributed by atoms with Crippen molar-refractivity contribution in [2.24, 2.45) is 11.8 Å². The van der Waals surface area contributed by atoms with Gasteiger partial charge in [-0.1, -0.05) is 56.0 Å². The van der Waals surface area contributed by atoms with E-state index in [1.165, 1.54) is 24.6 Å². The number of benzene rings is 1. The molecule has 6 rings (SSSR count). The third kappa shape index (κ3) is 14.0. The summed E-state index contributed by atoms with van der Waals surface area (Å²) >= 11 is 3.23. The molecule has 10 atom stereocenters. The summed E-state index contributed by atoms with van der Waals surface area (Å²) in [6.45, 7) is 11.0. The number of β-amino-alcohol motifs (C(OH)–C–C–N with tert-alkyl or cyclic N) is 1. The molecular formula is C45H71N9O7S2. The molecular weight excluding hydrogens is 843 g/mol. The number of hydrogen-bond donors (Lipinski definition) is 9. The Labute approximate surface area is 381 Å². The maximum absolute atomic E-state index is 13.8. The van der Waals surface area contributed by atoms with E-state index >= 15 is 0 Å². The number of hydrogen-bond acceptors (Lipinski definition) is 11. The lowest BCUT2D eigenvalue weighted by Crippen LogP contribution is -2.60. The van der Waals surface area contributed by atoms with E-state index in [2.05, 4.69) is 47.4 Å². The molecule has 4 saturated heterocycles. The smallest absolute Gasteiger partial charge is 0.315 e. The second-order valence-corrected chi connectivity index (χ2v) is 22.7. The summed E-state index contributed by atoms with van der Waals surface area (Å²) in [6, 6.07) is 7.29. The summed E-state index contributed by atoms with van der Waals surface area (Å²) in [5.74, 6) is 0.603. The minimum atomic E-state index is -1.05. The van der Waals surface area contributed by atoms with Gasteiger partial charge in [-0.2, -0.15) is 11.8 Å². The van der Waals surface area contributed by atoms with Crippen LogP contribution in [0.3, 0.4) is 0 Å². The molecule has 7 amide bonds. The zero-order chi connectivity index (χ0) is 45.3. The molecule has 0 spiro atoms. The first-order valence-electron chi connectivity index (χ1n) is 23.0. The Morgan fingerprint density at radius 2 is 1.67 bits per heavy atom. The predicted molar refractivity (Wildman–Crippen MR) is 247 cm³/mol. The SMILES string of the molecule is CC(C)(C)NC(=O)[C@@H]1C[C@@H]2CCCC[C@@H]2CN1CC(O)CNC(=O)[C@@H]1N[C@@H](C(NC(=O)Cc2ccccc2)C(=O)NCCNC(=O)CCCC[C@@H]2SC[C@@H]3NC(=O)N[C@@H]32)SC1(C)C. The highest BCUT2D eigenvalue weighted by atomic mass is 32.2. The number of likely N-dealkylation sites (tertiary alicyclic amines) is 1. The van der Waals surface area contributed by atoms with Gasteiger partial charge in [0.15, 0.2) is 0 Å². The van der Waals surface area contributed by atoms with Crippen LogP contribution in [-0.4, -0.2) is 141 Å². The predicted octanol–water partition coefficient (Wildman–Crippen LogP) is 1.75. The van der Waals surface area contributed by atoms with Crippen LogP contribution in [0.15, 0.2) is 30.3 Å². The molecule has 4 heterocycles. The fraction of sp³-hybridized carbons (Fsp3) is 0.733. The van der Waals surface area contributed by atoms with Crippen molar-refractivity contribution in [1.82, 2.24) is 47.4 Å². The summed E-state index contributed by atoms with van der Waals surface area (Å²) < 4.78 is -0.699. The molecule has 16 nitrogen and oxygen atoms in total. The van der Waals surface area contributed by atoms with E-state index in [0.717, 1.165) is 50.0 Å². The zero-order valence-electron chi connectivity index (χ0n) is 37.6. The highest BCUT2D eigenvalue weighted by molar-refractivity contribution is 8.01. The second kappa shape index (κ2) is 22.1. The van der Waals surface area contributed by atoms with Crippen LogP contribution in [0, 0.1) is 11.8 Å². The van der Waals surface area contributed by atoms with Gasteiger partial charge in [-0.25, -0.2) is 4.79 Å². The Morgan fingerprint density at radius 1 is 0.937 bits per heavy atom. The number of carbonyl (C=O) groups is 6.